The van der Waals surface area contributed by atoms with Crippen molar-refractivity contribution in [3.05, 3.63) is 28.2 Å². The van der Waals surface area contributed by atoms with Gasteiger partial charge in [-0.05, 0) is 43.4 Å². The van der Waals surface area contributed by atoms with Crippen molar-refractivity contribution in [1.82, 2.24) is 0 Å². The fourth-order valence-electron chi connectivity index (χ4n) is 2.23. The molecule has 16 heavy (non-hydrogen) atoms. The Labute approximate surface area is 105 Å². The summed E-state index contributed by atoms with van der Waals surface area (Å²) in [6, 6.07) is 6.48. The molecular weight excluding hydrogens is 266 g/mol. The fraction of sp³-hybridized carbons (Fsp3) is 0.538. The van der Waals surface area contributed by atoms with E-state index in [1.165, 1.54) is 17.7 Å². The van der Waals surface area contributed by atoms with E-state index in [0.29, 0.717) is 12.5 Å². The van der Waals surface area contributed by atoms with Gasteiger partial charge in [-0.15, -0.1) is 0 Å². The molecule has 2 rings (SSSR count). The second kappa shape index (κ2) is 5.19. The first-order valence-corrected chi connectivity index (χ1v) is 6.62. The van der Waals surface area contributed by atoms with E-state index in [9.17, 15) is 5.11 Å². The summed E-state index contributed by atoms with van der Waals surface area (Å²) in [5.41, 5.74) is 2.52. The summed E-state index contributed by atoms with van der Waals surface area (Å²) in [6.07, 6.45) is 2.33. The van der Waals surface area contributed by atoms with Gasteiger partial charge in [-0.2, -0.15) is 0 Å². The number of aliphatic hydroxyl groups is 1. The van der Waals surface area contributed by atoms with Gasteiger partial charge in [-0.3, -0.25) is 0 Å². The van der Waals surface area contributed by atoms with Crippen LogP contribution in [0.3, 0.4) is 0 Å². The molecule has 1 heterocycles. The van der Waals surface area contributed by atoms with Crippen LogP contribution in [0.5, 0.6) is 0 Å². The molecule has 0 saturated carbocycles. The molecule has 0 bridgehead atoms. The first-order valence-electron chi connectivity index (χ1n) is 5.82. The zero-order valence-corrected chi connectivity index (χ0v) is 11.2. The maximum Gasteiger partial charge on any atom is 0.0476 e. The molecule has 1 fully saturated rings. The van der Waals surface area contributed by atoms with Gasteiger partial charge in [0.15, 0.2) is 0 Å². The van der Waals surface area contributed by atoms with Crippen molar-refractivity contribution < 1.29 is 5.11 Å². The van der Waals surface area contributed by atoms with Gasteiger partial charge in [0.05, 0.1) is 0 Å². The number of nitrogens with zero attached hydrogens (tertiary/aromatic N) is 1. The Morgan fingerprint density at radius 1 is 1.50 bits per heavy atom. The van der Waals surface area contributed by atoms with Crippen LogP contribution in [-0.2, 0) is 0 Å². The largest absolute Gasteiger partial charge is 0.396 e. The van der Waals surface area contributed by atoms with Gasteiger partial charge in [0, 0.05) is 29.9 Å². The van der Waals surface area contributed by atoms with E-state index in [0.717, 1.165) is 24.0 Å². The highest BCUT2D eigenvalue weighted by atomic mass is 79.9. The number of rotatable bonds is 2. The molecule has 0 spiro atoms. The monoisotopic (exact) mass is 283 g/mol. The van der Waals surface area contributed by atoms with Crippen molar-refractivity contribution in [3.63, 3.8) is 0 Å². The van der Waals surface area contributed by atoms with Crippen molar-refractivity contribution in [3.8, 4) is 0 Å². The maximum absolute atomic E-state index is 9.22. The van der Waals surface area contributed by atoms with Gasteiger partial charge in [-0.25, -0.2) is 0 Å². The van der Waals surface area contributed by atoms with Crippen LogP contribution in [0.4, 0.5) is 5.69 Å². The second-order valence-corrected chi connectivity index (χ2v) is 5.42. The lowest BCUT2D eigenvalue weighted by atomic mass is 9.98. The molecule has 1 aromatic rings. The van der Waals surface area contributed by atoms with Crippen molar-refractivity contribution in [2.45, 2.75) is 19.8 Å². The molecular formula is C13H18BrNO. The number of anilines is 1. The topological polar surface area (TPSA) is 23.5 Å². The quantitative estimate of drug-likeness (QED) is 0.902. The number of halogens is 1. The predicted molar refractivity (Wildman–Crippen MR) is 70.9 cm³/mol. The van der Waals surface area contributed by atoms with Crippen LogP contribution in [0.25, 0.3) is 0 Å². The highest BCUT2D eigenvalue weighted by Crippen LogP contribution is 2.27. The van der Waals surface area contributed by atoms with E-state index in [4.69, 9.17) is 0 Å². The summed E-state index contributed by atoms with van der Waals surface area (Å²) in [6.45, 7) is 4.49. The highest BCUT2D eigenvalue weighted by molar-refractivity contribution is 9.10. The lowest BCUT2D eigenvalue weighted by Crippen LogP contribution is -2.36. The lowest BCUT2D eigenvalue weighted by molar-refractivity contribution is 0.208. The Morgan fingerprint density at radius 2 is 2.31 bits per heavy atom. The number of hydrogen-bond acceptors (Lipinski definition) is 2. The number of hydrogen-bond donors (Lipinski definition) is 1. The second-order valence-electron chi connectivity index (χ2n) is 4.57. The van der Waals surface area contributed by atoms with E-state index in [2.05, 4.69) is 46.0 Å². The molecule has 1 aromatic carbocycles. The smallest absolute Gasteiger partial charge is 0.0476 e. The third-order valence-corrected chi connectivity index (χ3v) is 4.15. The summed E-state index contributed by atoms with van der Waals surface area (Å²) in [7, 11) is 0. The maximum atomic E-state index is 9.22. The van der Waals surface area contributed by atoms with Crippen LogP contribution in [-0.4, -0.2) is 24.8 Å². The van der Waals surface area contributed by atoms with E-state index < -0.39 is 0 Å². The molecule has 1 N–H and O–H groups in total. The van der Waals surface area contributed by atoms with Crippen LogP contribution in [0.15, 0.2) is 22.7 Å². The fourth-order valence-corrected chi connectivity index (χ4v) is 2.59. The molecule has 0 radical (unpaired) electrons. The molecule has 0 aromatic heterocycles. The molecule has 0 amide bonds. The van der Waals surface area contributed by atoms with Gasteiger partial charge in [0.1, 0.15) is 0 Å². The van der Waals surface area contributed by atoms with E-state index in [1.54, 1.807) is 0 Å². The molecule has 88 valence electrons. The summed E-state index contributed by atoms with van der Waals surface area (Å²) >= 11 is 3.57. The summed E-state index contributed by atoms with van der Waals surface area (Å²) in [5, 5.41) is 9.22. The number of aliphatic hydroxyl groups excluding tert-OH is 1. The third-order valence-electron chi connectivity index (χ3n) is 3.30. The first kappa shape index (κ1) is 11.9. The summed E-state index contributed by atoms with van der Waals surface area (Å²) in [4.78, 5) is 2.37. The first-order chi connectivity index (χ1) is 7.70. The molecule has 2 nitrogen and oxygen atoms in total. The van der Waals surface area contributed by atoms with Gasteiger partial charge >= 0.3 is 0 Å². The van der Waals surface area contributed by atoms with Crippen molar-refractivity contribution in [1.29, 1.82) is 0 Å². The van der Waals surface area contributed by atoms with Crippen molar-refractivity contribution >= 4 is 21.6 Å². The molecule has 1 aliphatic heterocycles. The summed E-state index contributed by atoms with van der Waals surface area (Å²) < 4.78 is 1.16. The van der Waals surface area contributed by atoms with Crippen LogP contribution < -0.4 is 4.90 Å². The summed E-state index contributed by atoms with van der Waals surface area (Å²) in [5.74, 6) is 0.439. The standard InChI is InChI=1S/C13H18BrNO/c1-10-4-5-12(7-13(10)14)15-6-2-3-11(8-15)9-16/h4-5,7,11,16H,2-3,6,8-9H2,1H3. The van der Waals surface area contributed by atoms with Crippen molar-refractivity contribution in [2.24, 2.45) is 5.92 Å². The third kappa shape index (κ3) is 2.58. The number of piperidine rings is 1. The van der Waals surface area contributed by atoms with Gasteiger partial charge in [0.25, 0.3) is 0 Å². The minimum atomic E-state index is 0.309. The number of aryl methyl sites for hydroxylation is 1. The zero-order valence-electron chi connectivity index (χ0n) is 9.62. The van der Waals surface area contributed by atoms with Gasteiger partial charge in [-0.1, -0.05) is 22.0 Å². The van der Waals surface area contributed by atoms with Crippen LogP contribution >= 0.6 is 15.9 Å². The molecule has 1 saturated heterocycles. The van der Waals surface area contributed by atoms with E-state index in [-0.39, 0.29) is 0 Å². The highest BCUT2D eigenvalue weighted by Gasteiger charge is 2.19. The Morgan fingerprint density at radius 3 is 3.00 bits per heavy atom. The lowest BCUT2D eigenvalue weighted by Gasteiger charge is -2.33. The number of benzene rings is 1. The minimum absolute atomic E-state index is 0.309. The molecule has 1 aliphatic rings. The van der Waals surface area contributed by atoms with Gasteiger partial charge in [0.2, 0.25) is 0 Å². The van der Waals surface area contributed by atoms with Gasteiger partial charge < -0.3 is 10.0 Å². The van der Waals surface area contributed by atoms with Crippen LogP contribution in [0, 0.1) is 12.8 Å². The molecule has 1 unspecified atom stereocenters. The molecule has 0 aliphatic carbocycles. The molecule has 1 atom stereocenters. The Bertz CT molecular complexity index is 367. The average molecular weight is 284 g/mol. The van der Waals surface area contributed by atoms with E-state index in [1.807, 2.05) is 0 Å². The Hall–Kier alpha value is -0.540. The predicted octanol–water partition coefficient (Wildman–Crippen LogP) is 2.97. The van der Waals surface area contributed by atoms with Crippen LogP contribution in [0.2, 0.25) is 0 Å². The normalized spacial score (nSPS) is 21.2. The van der Waals surface area contributed by atoms with E-state index >= 15 is 0 Å². The Kier molecular flexibility index (Phi) is 3.87. The Balaban J connectivity index is 2.13. The molecule has 3 heteroatoms. The van der Waals surface area contributed by atoms with Crippen LogP contribution in [0.1, 0.15) is 18.4 Å². The zero-order chi connectivity index (χ0) is 11.5. The average Bonchev–Trinajstić information content (AvgIpc) is 2.33. The minimum Gasteiger partial charge on any atom is -0.396 e. The van der Waals surface area contributed by atoms with Crippen molar-refractivity contribution in [2.75, 3.05) is 24.6 Å². The SMILES string of the molecule is Cc1ccc(N2CCCC(CO)C2)cc1Br.